The monoisotopic (exact) mass is 310 g/mol. The lowest BCUT2D eigenvalue weighted by atomic mass is 10.1. The minimum Gasteiger partial charge on any atom is -0.454 e. The van der Waals surface area contributed by atoms with Crippen LogP contribution >= 0.6 is 15.9 Å². The fourth-order valence-corrected chi connectivity index (χ4v) is 2.36. The van der Waals surface area contributed by atoms with Gasteiger partial charge in [0, 0.05) is 12.6 Å². The average molecular weight is 311 g/mol. The van der Waals surface area contributed by atoms with Crippen molar-refractivity contribution >= 4 is 15.9 Å². The molecule has 0 spiro atoms. The maximum absolute atomic E-state index is 5.78. The van der Waals surface area contributed by atoms with E-state index < -0.39 is 0 Å². The summed E-state index contributed by atoms with van der Waals surface area (Å²) in [5.74, 6) is 7.31. The number of nitrogens with one attached hydrogen (secondary N) is 1. The highest BCUT2D eigenvalue weighted by Crippen LogP contribution is 2.41. The van der Waals surface area contributed by atoms with Crippen LogP contribution in [0.1, 0.15) is 18.5 Å². The molecule has 18 heavy (non-hydrogen) atoms. The van der Waals surface area contributed by atoms with Crippen molar-refractivity contribution in [3.05, 3.63) is 22.2 Å². The van der Waals surface area contributed by atoms with E-state index in [4.69, 9.17) is 15.2 Å². The maximum atomic E-state index is 5.78. The van der Waals surface area contributed by atoms with Crippen molar-refractivity contribution in [3.63, 3.8) is 0 Å². The molecule has 0 fully saturated rings. The first-order chi connectivity index (χ1) is 8.76. The summed E-state index contributed by atoms with van der Waals surface area (Å²) in [5.41, 5.74) is 6.85. The molecule has 3 N–H and O–H groups in total. The van der Waals surface area contributed by atoms with Crippen LogP contribution in [0.2, 0.25) is 0 Å². The van der Waals surface area contributed by atoms with Crippen molar-refractivity contribution in [2.24, 2.45) is 5.73 Å². The summed E-state index contributed by atoms with van der Waals surface area (Å²) in [5, 5.41) is 3.29. The maximum Gasteiger partial charge on any atom is 0.231 e. The van der Waals surface area contributed by atoms with Gasteiger partial charge in [-0.25, -0.2) is 0 Å². The van der Waals surface area contributed by atoms with Gasteiger partial charge in [-0.3, -0.25) is 5.32 Å². The van der Waals surface area contributed by atoms with Crippen molar-refractivity contribution in [3.8, 4) is 23.3 Å². The van der Waals surface area contributed by atoms with E-state index >= 15 is 0 Å². The summed E-state index contributed by atoms with van der Waals surface area (Å²) in [4.78, 5) is 0. The molecule has 1 aliphatic heterocycles. The molecule has 0 saturated carbocycles. The van der Waals surface area contributed by atoms with Crippen molar-refractivity contribution < 1.29 is 9.47 Å². The summed E-state index contributed by atoms with van der Waals surface area (Å²) < 4.78 is 11.6. The van der Waals surface area contributed by atoms with Crippen molar-refractivity contribution in [2.45, 2.75) is 13.0 Å². The van der Waals surface area contributed by atoms with E-state index in [0.717, 1.165) is 21.5 Å². The molecule has 0 aromatic heterocycles. The van der Waals surface area contributed by atoms with Crippen LogP contribution in [0.5, 0.6) is 11.5 Å². The van der Waals surface area contributed by atoms with Crippen LogP contribution in [0.3, 0.4) is 0 Å². The summed E-state index contributed by atoms with van der Waals surface area (Å²) in [6.07, 6.45) is 0. The number of hydrogen-bond acceptors (Lipinski definition) is 4. The Kier molecular flexibility index (Phi) is 4.48. The number of rotatable bonds is 4. The normalized spacial score (nSPS) is 13.9. The Labute approximate surface area is 115 Å². The molecule has 4 nitrogen and oxygen atoms in total. The molecule has 96 valence electrons. The average Bonchev–Trinajstić information content (AvgIpc) is 2.83. The van der Waals surface area contributed by atoms with Crippen molar-refractivity contribution in [2.75, 3.05) is 19.9 Å². The molecule has 0 bridgehead atoms. The number of fused-ring (bicyclic) bond motifs is 1. The van der Waals surface area contributed by atoms with Gasteiger partial charge in [0.1, 0.15) is 0 Å². The van der Waals surface area contributed by atoms with Gasteiger partial charge < -0.3 is 15.2 Å². The molecule has 1 aliphatic rings. The fraction of sp³-hybridized carbons (Fsp3) is 0.385. The van der Waals surface area contributed by atoms with Crippen LogP contribution < -0.4 is 20.5 Å². The zero-order chi connectivity index (χ0) is 13.0. The van der Waals surface area contributed by atoms with Gasteiger partial charge in [-0.05, 0) is 40.5 Å². The summed E-state index contributed by atoms with van der Waals surface area (Å²) in [7, 11) is 0. The van der Waals surface area contributed by atoms with Gasteiger partial charge in [0.05, 0.1) is 11.0 Å². The Balaban J connectivity index is 2.20. The van der Waals surface area contributed by atoms with Crippen molar-refractivity contribution in [1.82, 2.24) is 5.32 Å². The predicted octanol–water partition coefficient (Wildman–Crippen LogP) is 1.79. The highest BCUT2D eigenvalue weighted by atomic mass is 79.9. The van der Waals surface area contributed by atoms with Crippen molar-refractivity contribution in [1.29, 1.82) is 0 Å². The van der Waals surface area contributed by atoms with Gasteiger partial charge in [-0.15, -0.1) is 5.92 Å². The molecule has 2 rings (SSSR count). The van der Waals surface area contributed by atoms with Crippen LogP contribution in [0.4, 0.5) is 0 Å². The van der Waals surface area contributed by atoms with Gasteiger partial charge in [0.25, 0.3) is 0 Å². The van der Waals surface area contributed by atoms with Gasteiger partial charge >= 0.3 is 0 Å². The largest absolute Gasteiger partial charge is 0.454 e. The molecule has 1 atom stereocenters. The standard InChI is InChI=1S/C13H15BrN2O2/c1-2-3-4-16-11(7-15)9-5-10(14)13-12(6-9)17-8-18-13/h5-6,11,16H,4,7-8,15H2,1H3. The molecule has 0 amide bonds. The Bertz CT molecular complexity index is 494. The SMILES string of the molecule is CC#CCNC(CN)c1cc(Br)c2c(c1)OCO2. The van der Waals surface area contributed by atoms with E-state index in [1.165, 1.54) is 0 Å². The number of benzene rings is 1. The predicted molar refractivity (Wildman–Crippen MR) is 73.5 cm³/mol. The third-order valence-corrected chi connectivity index (χ3v) is 3.29. The van der Waals surface area contributed by atoms with Gasteiger partial charge in [0.2, 0.25) is 6.79 Å². The van der Waals surface area contributed by atoms with Gasteiger partial charge in [0.15, 0.2) is 11.5 Å². The first-order valence-corrected chi connectivity index (χ1v) is 6.47. The lowest BCUT2D eigenvalue weighted by molar-refractivity contribution is 0.173. The second-order valence-corrected chi connectivity index (χ2v) is 4.69. The van der Waals surface area contributed by atoms with E-state index in [1.54, 1.807) is 0 Å². The molecule has 0 saturated heterocycles. The molecule has 1 unspecified atom stereocenters. The van der Waals surface area contributed by atoms with Crippen LogP contribution in [-0.2, 0) is 0 Å². The van der Waals surface area contributed by atoms with E-state index in [1.807, 2.05) is 19.1 Å². The van der Waals surface area contributed by atoms with Crippen LogP contribution in [-0.4, -0.2) is 19.9 Å². The molecule has 0 aliphatic carbocycles. The van der Waals surface area contributed by atoms with E-state index in [2.05, 4.69) is 33.1 Å². The lowest BCUT2D eigenvalue weighted by Gasteiger charge is -2.16. The third kappa shape index (κ3) is 2.78. The topological polar surface area (TPSA) is 56.5 Å². The molecular formula is C13H15BrN2O2. The number of halogens is 1. The molecule has 1 aromatic rings. The fourth-order valence-electron chi connectivity index (χ4n) is 1.79. The molecule has 5 heteroatoms. The molecule has 1 aromatic carbocycles. The lowest BCUT2D eigenvalue weighted by Crippen LogP contribution is -2.28. The van der Waals surface area contributed by atoms with Crippen LogP contribution in [0, 0.1) is 11.8 Å². The van der Waals surface area contributed by atoms with Crippen LogP contribution in [0.15, 0.2) is 16.6 Å². The Morgan fingerprint density at radius 3 is 3.06 bits per heavy atom. The van der Waals surface area contributed by atoms with Gasteiger partial charge in [-0.1, -0.05) is 5.92 Å². The summed E-state index contributed by atoms with van der Waals surface area (Å²) >= 11 is 3.48. The smallest absolute Gasteiger partial charge is 0.231 e. The van der Waals surface area contributed by atoms with E-state index in [9.17, 15) is 0 Å². The third-order valence-electron chi connectivity index (χ3n) is 2.70. The number of nitrogens with two attached hydrogens (primary N) is 1. The van der Waals surface area contributed by atoms with E-state index in [0.29, 0.717) is 13.1 Å². The Hall–Kier alpha value is -1.22. The Morgan fingerprint density at radius 1 is 1.50 bits per heavy atom. The van der Waals surface area contributed by atoms with Gasteiger partial charge in [-0.2, -0.15) is 0 Å². The van der Waals surface area contributed by atoms with E-state index in [-0.39, 0.29) is 12.8 Å². The number of hydrogen-bond donors (Lipinski definition) is 2. The zero-order valence-corrected chi connectivity index (χ0v) is 11.7. The molecular weight excluding hydrogens is 296 g/mol. The Morgan fingerprint density at radius 2 is 2.33 bits per heavy atom. The first-order valence-electron chi connectivity index (χ1n) is 5.68. The molecule has 1 heterocycles. The summed E-state index contributed by atoms with van der Waals surface area (Å²) in [6, 6.07) is 4.01. The molecule has 0 radical (unpaired) electrons. The minimum atomic E-state index is 0.0525. The first kappa shape index (κ1) is 13.2. The second-order valence-electron chi connectivity index (χ2n) is 3.83. The quantitative estimate of drug-likeness (QED) is 0.833. The highest BCUT2D eigenvalue weighted by Gasteiger charge is 2.20. The minimum absolute atomic E-state index is 0.0525. The summed E-state index contributed by atoms with van der Waals surface area (Å²) in [6.45, 7) is 3.19. The highest BCUT2D eigenvalue weighted by molar-refractivity contribution is 9.10. The van der Waals surface area contributed by atoms with Crippen LogP contribution in [0.25, 0.3) is 0 Å². The zero-order valence-electron chi connectivity index (χ0n) is 10.1. The number of ether oxygens (including phenoxy) is 2. The second kappa shape index (κ2) is 6.10.